The molecule has 5 atom stereocenters. The van der Waals surface area contributed by atoms with Crippen LogP contribution in [-0.4, -0.2) is 11.2 Å². The van der Waals surface area contributed by atoms with Gasteiger partial charge in [0.25, 0.3) is 0 Å². The molecule has 0 aromatic rings. The highest BCUT2D eigenvalue weighted by atomic mass is 16.3. The Kier molecular flexibility index (Phi) is 3.71. The molecule has 1 N–H and O–H groups in total. The van der Waals surface area contributed by atoms with Gasteiger partial charge in [0.15, 0.2) is 0 Å². The van der Waals surface area contributed by atoms with Crippen LogP contribution in [0.3, 0.4) is 0 Å². The van der Waals surface area contributed by atoms with Gasteiger partial charge in [-0.3, -0.25) is 0 Å². The largest absolute Gasteiger partial charge is 0.393 e. The molecular weight excluding hydrogens is 184 g/mol. The Balaban J connectivity index is 1.72. The molecule has 1 nitrogen and oxygen atoms in total. The predicted octanol–water partition coefficient (Wildman–Crippen LogP) is 3.61. The van der Waals surface area contributed by atoms with Crippen LogP contribution in [0, 0.1) is 23.7 Å². The maximum atomic E-state index is 10.0. The Hall–Kier alpha value is -0.0400. The van der Waals surface area contributed by atoms with Crippen LogP contribution in [0.25, 0.3) is 0 Å². The normalized spacial score (nSPS) is 38.2. The molecule has 2 bridgehead atoms. The number of fused-ring (bicyclic) bond motifs is 2. The molecule has 0 amide bonds. The highest BCUT2D eigenvalue weighted by Crippen LogP contribution is 2.50. The fourth-order valence-corrected chi connectivity index (χ4v) is 3.74. The number of hydrogen-bond donors (Lipinski definition) is 1. The van der Waals surface area contributed by atoms with Gasteiger partial charge in [-0.1, -0.05) is 26.7 Å². The van der Waals surface area contributed by atoms with E-state index in [1.54, 1.807) is 0 Å². The lowest BCUT2D eigenvalue weighted by molar-refractivity contribution is 0.102. The van der Waals surface area contributed by atoms with Gasteiger partial charge in [0.1, 0.15) is 0 Å². The molecule has 88 valence electrons. The van der Waals surface area contributed by atoms with Gasteiger partial charge in [-0.15, -0.1) is 0 Å². The van der Waals surface area contributed by atoms with Gasteiger partial charge in [0.2, 0.25) is 0 Å². The van der Waals surface area contributed by atoms with E-state index >= 15 is 0 Å². The predicted molar refractivity (Wildman–Crippen MR) is 63.6 cm³/mol. The van der Waals surface area contributed by atoms with Gasteiger partial charge in [-0.25, -0.2) is 0 Å². The van der Waals surface area contributed by atoms with E-state index in [-0.39, 0.29) is 6.10 Å². The molecule has 15 heavy (non-hydrogen) atoms. The Labute approximate surface area is 94.3 Å². The van der Waals surface area contributed by atoms with Crippen molar-refractivity contribution in [1.29, 1.82) is 0 Å². The van der Waals surface area contributed by atoms with Gasteiger partial charge >= 0.3 is 0 Å². The van der Waals surface area contributed by atoms with Crippen LogP contribution in [-0.2, 0) is 0 Å². The van der Waals surface area contributed by atoms with Gasteiger partial charge in [-0.05, 0) is 55.8 Å². The zero-order valence-electron chi connectivity index (χ0n) is 10.3. The zero-order valence-corrected chi connectivity index (χ0v) is 10.3. The standard InChI is InChI=1S/C14H26O/c1-3-10(2)6-14(15)9-13-8-11-4-5-12(13)7-11/h10-15H,3-9H2,1-2H3. The quantitative estimate of drug-likeness (QED) is 0.735. The third-order valence-corrected chi connectivity index (χ3v) is 4.83. The lowest BCUT2D eigenvalue weighted by atomic mass is 9.83. The number of rotatable bonds is 5. The molecule has 0 aliphatic heterocycles. The molecule has 0 spiro atoms. The summed E-state index contributed by atoms with van der Waals surface area (Å²) in [5.41, 5.74) is 0. The fraction of sp³-hybridized carbons (Fsp3) is 1.00. The summed E-state index contributed by atoms with van der Waals surface area (Å²) >= 11 is 0. The first-order chi connectivity index (χ1) is 7.19. The van der Waals surface area contributed by atoms with Crippen molar-refractivity contribution in [3.63, 3.8) is 0 Å². The SMILES string of the molecule is CCC(C)CC(O)CC1CC2CCC1C2. The summed E-state index contributed by atoms with van der Waals surface area (Å²) in [7, 11) is 0. The second-order valence-electron chi connectivity index (χ2n) is 6.07. The monoisotopic (exact) mass is 210 g/mol. The minimum Gasteiger partial charge on any atom is -0.393 e. The number of aliphatic hydroxyl groups is 1. The average Bonchev–Trinajstić information content (AvgIpc) is 2.78. The van der Waals surface area contributed by atoms with Crippen molar-refractivity contribution in [1.82, 2.24) is 0 Å². The van der Waals surface area contributed by atoms with E-state index in [1.807, 2.05) is 0 Å². The molecule has 2 aliphatic carbocycles. The molecule has 0 radical (unpaired) electrons. The van der Waals surface area contributed by atoms with E-state index in [0.29, 0.717) is 5.92 Å². The molecular formula is C14H26O. The van der Waals surface area contributed by atoms with E-state index in [9.17, 15) is 5.11 Å². The Bertz CT molecular complexity index is 202. The van der Waals surface area contributed by atoms with Crippen LogP contribution < -0.4 is 0 Å². The average molecular weight is 210 g/mol. The highest BCUT2D eigenvalue weighted by Gasteiger charge is 2.39. The molecule has 0 aromatic heterocycles. The van der Waals surface area contributed by atoms with E-state index in [1.165, 1.54) is 32.1 Å². The Morgan fingerprint density at radius 1 is 1.27 bits per heavy atom. The van der Waals surface area contributed by atoms with Gasteiger partial charge in [0.05, 0.1) is 6.10 Å². The molecule has 2 aliphatic rings. The molecule has 1 heteroatoms. The second kappa shape index (κ2) is 4.86. The number of hydrogen-bond acceptors (Lipinski definition) is 1. The van der Waals surface area contributed by atoms with Crippen LogP contribution in [0.4, 0.5) is 0 Å². The van der Waals surface area contributed by atoms with E-state index < -0.39 is 0 Å². The van der Waals surface area contributed by atoms with Crippen LogP contribution in [0.15, 0.2) is 0 Å². The summed E-state index contributed by atoms with van der Waals surface area (Å²) in [4.78, 5) is 0. The molecule has 0 saturated heterocycles. The molecule has 2 fully saturated rings. The molecule has 0 aromatic carbocycles. The highest BCUT2D eigenvalue weighted by molar-refractivity contribution is 4.90. The van der Waals surface area contributed by atoms with Crippen LogP contribution in [0.1, 0.15) is 58.8 Å². The summed E-state index contributed by atoms with van der Waals surface area (Å²) in [5, 5.41) is 10.0. The lowest BCUT2D eigenvalue weighted by Crippen LogP contribution is -2.20. The first kappa shape index (κ1) is 11.4. The minimum absolute atomic E-state index is 0.0238. The van der Waals surface area contributed by atoms with E-state index in [2.05, 4.69) is 13.8 Å². The van der Waals surface area contributed by atoms with Gasteiger partial charge < -0.3 is 5.11 Å². The van der Waals surface area contributed by atoms with Crippen molar-refractivity contribution >= 4 is 0 Å². The van der Waals surface area contributed by atoms with Crippen molar-refractivity contribution in [3.05, 3.63) is 0 Å². The second-order valence-corrected chi connectivity index (χ2v) is 6.07. The Morgan fingerprint density at radius 3 is 2.60 bits per heavy atom. The summed E-state index contributed by atoms with van der Waals surface area (Å²) in [6, 6.07) is 0. The van der Waals surface area contributed by atoms with Gasteiger partial charge in [0, 0.05) is 0 Å². The first-order valence-corrected chi connectivity index (χ1v) is 6.87. The summed E-state index contributed by atoms with van der Waals surface area (Å²) < 4.78 is 0. The third-order valence-electron chi connectivity index (χ3n) is 4.83. The molecule has 2 rings (SSSR count). The minimum atomic E-state index is -0.0238. The van der Waals surface area contributed by atoms with E-state index in [0.717, 1.165) is 30.6 Å². The lowest BCUT2D eigenvalue weighted by Gasteiger charge is -2.25. The van der Waals surface area contributed by atoms with Crippen molar-refractivity contribution in [3.8, 4) is 0 Å². The summed E-state index contributed by atoms with van der Waals surface area (Å²) in [6.07, 6.45) is 9.10. The van der Waals surface area contributed by atoms with Crippen molar-refractivity contribution in [2.75, 3.05) is 0 Å². The first-order valence-electron chi connectivity index (χ1n) is 6.87. The maximum absolute atomic E-state index is 10.0. The fourth-order valence-electron chi connectivity index (χ4n) is 3.74. The molecule has 2 saturated carbocycles. The van der Waals surface area contributed by atoms with Crippen molar-refractivity contribution in [2.24, 2.45) is 23.7 Å². The van der Waals surface area contributed by atoms with E-state index in [4.69, 9.17) is 0 Å². The maximum Gasteiger partial charge on any atom is 0.0545 e. The zero-order chi connectivity index (χ0) is 10.8. The van der Waals surface area contributed by atoms with Crippen molar-refractivity contribution in [2.45, 2.75) is 64.9 Å². The van der Waals surface area contributed by atoms with Gasteiger partial charge in [-0.2, -0.15) is 0 Å². The third kappa shape index (κ3) is 2.75. The molecule has 5 unspecified atom stereocenters. The van der Waals surface area contributed by atoms with Crippen LogP contribution in [0.2, 0.25) is 0 Å². The smallest absolute Gasteiger partial charge is 0.0545 e. The van der Waals surface area contributed by atoms with Crippen molar-refractivity contribution < 1.29 is 5.11 Å². The summed E-state index contributed by atoms with van der Waals surface area (Å²) in [5.74, 6) is 3.55. The number of aliphatic hydroxyl groups excluding tert-OH is 1. The van der Waals surface area contributed by atoms with Crippen LogP contribution in [0.5, 0.6) is 0 Å². The topological polar surface area (TPSA) is 20.2 Å². The summed E-state index contributed by atoms with van der Waals surface area (Å²) in [6.45, 7) is 4.47. The Morgan fingerprint density at radius 2 is 2.07 bits per heavy atom. The molecule has 0 heterocycles. The van der Waals surface area contributed by atoms with Crippen LogP contribution >= 0.6 is 0 Å².